The van der Waals surface area contributed by atoms with Gasteiger partial charge in [-0.3, -0.25) is 0 Å². The van der Waals surface area contributed by atoms with E-state index in [2.05, 4.69) is 70.9 Å². The number of benzene rings is 3. The fourth-order valence-corrected chi connectivity index (χ4v) is 3.00. The van der Waals surface area contributed by atoms with E-state index in [1.165, 1.54) is 11.1 Å². The number of nitrogens with zero attached hydrogens (tertiary/aromatic N) is 3. The van der Waals surface area contributed by atoms with E-state index in [4.69, 9.17) is 0 Å². The lowest BCUT2D eigenvalue weighted by Gasteiger charge is -2.05. The summed E-state index contributed by atoms with van der Waals surface area (Å²) in [4.78, 5) is 1.63. The van der Waals surface area contributed by atoms with Crippen LogP contribution in [0, 0.1) is 0 Å². The second-order valence-electron chi connectivity index (χ2n) is 6.11. The summed E-state index contributed by atoms with van der Waals surface area (Å²) in [7, 11) is 1.86. The summed E-state index contributed by atoms with van der Waals surface area (Å²) in [6, 6.07) is 29.3. The summed E-state index contributed by atoms with van der Waals surface area (Å²) in [6.07, 6.45) is 0.938. The molecule has 0 spiro atoms. The van der Waals surface area contributed by atoms with Gasteiger partial charge in [-0.05, 0) is 17.5 Å². The fraction of sp³-hybridized carbons (Fsp3) is 0.0909. The number of aromatic nitrogens is 3. The molecule has 0 N–H and O–H groups in total. The van der Waals surface area contributed by atoms with Crippen molar-refractivity contribution in [2.45, 2.75) is 6.42 Å². The van der Waals surface area contributed by atoms with Crippen LogP contribution in [0.4, 0.5) is 0 Å². The lowest BCUT2D eigenvalue weighted by atomic mass is 10.0. The van der Waals surface area contributed by atoms with Crippen LogP contribution in [0.2, 0.25) is 0 Å². The predicted molar refractivity (Wildman–Crippen MR) is 101 cm³/mol. The van der Waals surface area contributed by atoms with Gasteiger partial charge < -0.3 is 0 Å². The largest absolute Gasteiger partial charge is 0.187 e. The maximum Gasteiger partial charge on any atom is 0.121 e. The first-order valence-electron chi connectivity index (χ1n) is 8.39. The van der Waals surface area contributed by atoms with Crippen LogP contribution in [0.5, 0.6) is 0 Å². The van der Waals surface area contributed by atoms with Gasteiger partial charge >= 0.3 is 0 Å². The molecule has 4 aromatic rings. The second kappa shape index (κ2) is 6.73. The molecular formula is C22H19N3. The van der Waals surface area contributed by atoms with E-state index in [9.17, 15) is 0 Å². The van der Waals surface area contributed by atoms with Gasteiger partial charge in [0.25, 0.3) is 0 Å². The fourth-order valence-electron chi connectivity index (χ4n) is 3.00. The minimum Gasteiger partial charge on any atom is -0.187 e. The molecule has 122 valence electrons. The Morgan fingerprint density at radius 3 is 1.68 bits per heavy atom. The van der Waals surface area contributed by atoms with Gasteiger partial charge in [-0.15, -0.1) is 0 Å². The van der Waals surface area contributed by atoms with E-state index < -0.39 is 0 Å². The molecule has 0 aliphatic heterocycles. The highest BCUT2D eigenvalue weighted by Gasteiger charge is 2.13. The average Bonchev–Trinajstić information content (AvgIpc) is 3.06. The SMILES string of the molecule is Cn1nc(-c2ccccc2)c(-c2ccc(Cc3ccccc3)cc2)n1. The van der Waals surface area contributed by atoms with E-state index in [0.717, 1.165) is 28.9 Å². The highest BCUT2D eigenvalue weighted by Crippen LogP contribution is 2.29. The minimum atomic E-state index is 0.916. The third-order valence-electron chi connectivity index (χ3n) is 4.24. The van der Waals surface area contributed by atoms with Crippen LogP contribution in [-0.4, -0.2) is 15.0 Å². The van der Waals surface area contributed by atoms with Crippen LogP contribution in [0.15, 0.2) is 84.9 Å². The van der Waals surface area contributed by atoms with Gasteiger partial charge in [0.15, 0.2) is 0 Å². The summed E-state index contributed by atoms with van der Waals surface area (Å²) in [5.74, 6) is 0. The molecule has 0 aliphatic rings. The first kappa shape index (κ1) is 15.3. The van der Waals surface area contributed by atoms with E-state index in [-0.39, 0.29) is 0 Å². The Morgan fingerprint density at radius 2 is 1.08 bits per heavy atom. The Bertz CT molecular complexity index is 955. The smallest absolute Gasteiger partial charge is 0.121 e. The van der Waals surface area contributed by atoms with Gasteiger partial charge in [0.1, 0.15) is 11.4 Å². The minimum absolute atomic E-state index is 0.916. The Hall–Kier alpha value is -3.20. The monoisotopic (exact) mass is 325 g/mol. The van der Waals surface area contributed by atoms with Crippen molar-refractivity contribution in [2.24, 2.45) is 7.05 Å². The molecule has 0 aliphatic carbocycles. The standard InChI is InChI=1S/C22H19N3/c1-25-23-21(19-10-6-3-7-11-19)22(24-25)20-14-12-18(13-15-20)16-17-8-4-2-5-9-17/h2-15H,16H2,1H3. The van der Waals surface area contributed by atoms with Crippen LogP contribution in [0.1, 0.15) is 11.1 Å². The molecule has 0 saturated carbocycles. The average molecular weight is 325 g/mol. The van der Waals surface area contributed by atoms with Crippen LogP contribution in [0.3, 0.4) is 0 Å². The number of hydrogen-bond donors (Lipinski definition) is 0. The van der Waals surface area contributed by atoms with Crippen LogP contribution in [0.25, 0.3) is 22.5 Å². The van der Waals surface area contributed by atoms with E-state index in [1.807, 2.05) is 31.3 Å². The summed E-state index contributed by atoms with van der Waals surface area (Å²) in [5.41, 5.74) is 6.61. The topological polar surface area (TPSA) is 30.7 Å². The molecule has 1 aromatic heterocycles. The normalized spacial score (nSPS) is 10.8. The maximum atomic E-state index is 4.58. The zero-order valence-corrected chi connectivity index (χ0v) is 14.1. The zero-order valence-electron chi connectivity index (χ0n) is 14.1. The molecule has 4 rings (SSSR count). The molecule has 3 heteroatoms. The Balaban J connectivity index is 1.65. The lowest BCUT2D eigenvalue weighted by molar-refractivity contribution is 0.657. The third kappa shape index (κ3) is 3.36. The summed E-state index contributed by atoms with van der Waals surface area (Å²) in [6.45, 7) is 0. The van der Waals surface area contributed by atoms with Crippen LogP contribution >= 0.6 is 0 Å². The van der Waals surface area contributed by atoms with Crippen molar-refractivity contribution in [3.63, 3.8) is 0 Å². The Labute approximate surface area is 147 Å². The van der Waals surface area contributed by atoms with Gasteiger partial charge in [0.05, 0.1) is 0 Å². The summed E-state index contributed by atoms with van der Waals surface area (Å²) >= 11 is 0. The molecule has 0 bridgehead atoms. The molecule has 0 atom stereocenters. The van der Waals surface area contributed by atoms with Crippen molar-refractivity contribution in [1.82, 2.24) is 15.0 Å². The molecule has 0 unspecified atom stereocenters. The summed E-state index contributed by atoms with van der Waals surface area (Å²) in [5, 5.41) is 9.13. The number of hydrogen-bond acceptors (Lipinski definition) is 2. The molecule has 0 amide bonds. The first-order valence-corrected chi connectivity index (χ1v) is 8.39. The van der Waals surface area contributed by atoms with Crippen molar-refractivity contribution in [2.75, 3.05) is 0 Å². The number of aryl methyl sites for hydroxylation is 1. The van der Waals surface area contributed by atoms with Crippen molar-refractivity contribution < 1.29 is 0 Å². The van der Waals surface area contributed by atoms with Gasteiger partial charge in [0, 0.05) is 18.2 Å². The van der Waals surface area contributed by atoms with Gasteiger partial charge in [-0.2, -0.15) is 15.0 Å². The van der Waals surface area contributed by atoms with Gasteiger partial charge in [-0.1, -0.05) is 84.9 Å². The molecule has 3 nitrogen and oxygen atoms in total. The highest BCUT2D eigenvalue weighted by atomic mass is 15.5. The quantitative estimate of drug-likeness (QED) is 0.542. The van der Waals surface area contributed by atoms with Crippen molar-refractivity contribution in [3.8, 4) is 22.5 Å². The van der Waals surface area contributed by atoms with Crippen molar-refractivity contribution >= 4 is 0 Å². The first-order chi connectivity index (χ1) is 12.3. The number of rotatable bonds is 4. The molecule has 1 heterocycles. The van der Waals surface area contributed by atoms with Crippen LogP contribution < -0.4 is 0 Å². The van der Waals surface area contributed by atoms with Crippen LogP contribution in [-0.2, 0) is 13.5 Å². The molecule has 25 heavy (non-hydrogen) atoms. The second-order valence-corrected chi connectivity index (χ2v) is 6.11. The molecule has 0 radical (unpaired) electrons. The van der Waals surface area contributed by atoms with E-state index in [1.54, 1.807) is 4.80 Å². The third-order valence-corrected chi connectivity index (χ3v) is 4.24. The summed E-state index contributed by atoms with van der Waals surface area (Å²) < 4.78 is 0. The Kier molecular flexibility index (Phi) is 4.13. The molecule has 0 saturated heterocycles. The van der Waals surface area contributed by atoms with Gasteiger partial charge in [-0.25, -0.2) is 0 Å². The Morgan fingerprint density at radius 1 is 0.600 bits per heavy atom. The van der Waals surface area contributed by atoms with Gasteiger partial charge in [0.2, 0.25) is 0 Å². The van der Waals surface area contributed by atoms with Crippen molar-refractivity contribution in [3.05, 3.63) is 96.1 Å². The molecule has 0 fully saturated rings. The van der Waals surface area contributed by atoms with Crippen molar-refractivity contribution in [1.29, 1.82) is 0 Å². The van der Waals surface area contributed by atoms with E-state index >= 15 is 0 Å². The highest BCUT2D eigenvalue weighted by molar-refractivity contribution is 5.77. The van der Waals surface area contributed by atoms with E-state index in [0.29, 0.717) is 0 Å². The molecular weight excluding hydrogens is 306 g/mol. The molecule has 3 aromatic carbocycles. The maximum absolute atomic E-state index is 4.58. The predicted octanol–water partition coefficient (Wildman–Crippen LogP) is 4.74. The lowest BCUT2D eigenvalue weighted by Crippen LogP contribution is -1.92. The zero-order chi connectivity index (χ0) is 17.1.